The van der Waals surface area contributed by atoms with Crippen LogP contribution >= 0.6 is 23.2 Å². The van der Waals surface area contributed by atoms with E-state index in [4.69, 9.17) is 28.3 Å². The molecule has 0 atom stereocenters. The number of halogens is 2. The van der Waals surface area contributed by atoms with Gasteiger partial charge in [0.1, 0.15) is 0 Å². The van der Waals surface area contributed by atoms with Gasteiger partial charge in [-0.1, -0.05) is 35.3 Å². The third kappa shape index (κ3) is 3.11. The van der Waals surface area contributed by atoms with E-state index >= 15 is 0 Å². The van der Waals surface area contributed by atoms with Crippen molar-refractivity contribution in [2.45, 2.75) is 13.0 Å². The summed E-state index contributed by atoms with van der Waals surface area (Å²) in [4.78, 5) is 10.9. The second-order valence-electron chi connectivity index (χ2n) is 5.14. The highest BCUT2D eigenvalue weighted by atomic mass is 35.5. The lowest BCUT2D eigenvalue weighted by Gasteiger charge is -2.09. The lowest BCUT2D eigenvalue weighted by Crippen LogP contribution is -2.02. The van der Waals surface area contributed by atoms with E-state index in [2.05, 4.69) is 0 Å². The molecule has 112 valence electrons. The third-order valence-electron chi connectivity index (χ3n) is 3.54. The number of carboxylic acid groups (broad SMARTS) is 1. The second kappa shape index (κ2) is 6.03. The molecule has 1 aromatic heterocycles. The van der Waals surface area contributed by atoms with E-state index in [0.717, 1.165) is 22.0 Å². The highest BCUT2D eigenvalue weighted by Gasteiger charge is 2.08. The third-order valence-corrected chi connectivity index (χ3v) is 4.15. The molecule has 0 bridgehead atoms. The van der Waals surface area contributed by atoms with Crippen LogP contribution in [0.15, 0.2) is 48.7 Å². The van der Waals surface area contributed by atoms with E-state index in [-0.39, 0.29) is 6.42 Å². The normalized spacial score (nSPS) is 11.0. The fraction of sp³-hybridized carbons (Fsp3) is 0.118. The number of hydrogen-bond acceptors (Lipinski definition) is 1. The molecule has 0 saturated heterocycles. The first-order valence-electron chi connectivity index (χ1n) is 6.76. The van der Waals surface area contributed by atoms with Gasteiger partial charge in [0.25, 0.3) is 0 Å². The molecule has 0 aliphatic carbocycles. The summed E-state index contributed by atoms with van der Waals surface area (Å²) in [5.74, 6) is -0.838. The molecule has 0 spiro atoms. The van der Waals surface area contributed by atoms with Crippen LogP contribution in [-0.4, -0.2) is 15.6 Å². The minimum absolute atomic E-state index is 0.0129. The number of nitrogens with zero attached hydrogens (tertiary/aromatic N) is 1. The summed E-state index contributed by atoms with van der Waals surface area (Å²) in [7, 11) is 0. The van der Waals surface area contributed by atoms with Crippen LogP contribution < -0.4 is 0 Å². The van der Waals surface area contributed by atoms with Gasteiger partial charge in [0.05, 0.1) is 6.42 Å². The summed E-state index contributed by atoms with van der Waals surface area (Å²) in [5, 5.41) is 11.3. The van der Waals surface area contributed by atoms with Crippen LogP contribution in [0.5, 0.6) is 0 Å². The zero-order valence-electron chi connectivity index (χ0n) is 11.6. The number of benzene rings is 2. The zero-order valence-corrected chi connectivity index (χ0v) is 13.1. The monoisotopic (exact) mass is 333 g/mol. The largest absolute Gasteiger partial charge is 0.481 e. The number of aliphatic carboxylic acids is 1. The topological polar surface area (TPSA) is 42.2 Å². The van der Waals surface area contributed by atoms with Crippen LogP contribution in [0, 0.1) is 0 Å². The molecule has 0 unspecified atom stereocenters. The first-order valence-corrected chi connectivity index (χ1v) is 7.52. The van der Waals surface area contributed by atoms with Crippen LogP contribution in [0.3, 0.4) is 0 Å². The van der Waals surface area contributed by atoms with Crippen molar-refractivity contribution >= 4 is 40.1 Å². The average molecular weight is 334 g/mol. The Morgan fingerprint density at radius 1 is 1.09 bits per heavy atom. The van der Waals surface area contributed by atoms with Gasteiger partial charge >= 0.3 is 5.97 Å². The Morgan fingerprint density at radius 2 is 1.91 bits per heavy atom. The van der Waals surface area contributed by atoms with Gasteiger partial charge in [0, 0.05) is 28.3 Å². The van der Waals surface area contributed by atoms with Crippen molar-refractivity contribution in [1.82, 2.24) is 4.57 Å². The quantitative estimate of drug-likeness (QED) is 0.756. The minimum Gasteiger partial charge on any atom is -0.481 e. The van der Waals surface area contributed by atoms with E-state index in [1.807, 2.05) is 41.1 Å². The molecular weight excluding hydrogens is 321 g/mol. The van der Waals surface area contributed by atoms with Gasteiger partial charge in [-0.25, -0.2) is 0 Å². The van der Waals surface area contributed by atoms with Crippen LogP contribution in [0.25, 0.3) is 10.9 Å². The molecule has 3 aromatic rings. The fourth-order valence-electron chi connectivity index (χ4n) is 2.50. The fourth-order valence-corrected chi connectivity index (χ4v) is 2.87. The van der Waals surface area contributed by atoms with Crippen molar-refractivity contribution in [2.75, 3.05) is 0 Å². The van der Waals surface area contributed by atoms with Crippen molar-refractivity contribution in [2.24, 2.45) is 0 Å². The van der Waals surface area contributed by atoms with Crippen LogP contribution in [0.2, 0.25) is 10.0 Å². The smallest absolute Gasteiger partial charge is 0.307 e. The molecule has 0 amide bonds. The van der Waals surface area contributed by atoms with E-state index in [1.165, 1.54) is 0 Å². The SMILES string of the molecule is O=C(O)Cc1ccc2ccn(Cc3cc(Cl)ccc3Cl)c2c1. The van der Waals surface area contributed by atoms with Crippen LogP contribution in [0.4, 0.5) is 0 Å². The Balaban J connectivity index is 1.99. The molecule has 2 aromatic carbocycles. The highest BCUT2D eigenvalue weighted by molar-refractivity contribution is 6.33. The second-order valence-corrected chi connectivity index (χ2v) is 5.99. The molecule has 1 N–H and O–H groups in total. The Morgan fingerprint density at radius 3 is 2.68 bits per heavy atom. The molecule has 0 fully saturated rings. The Bertz CT molecular complexity index is 855. The molecule has 0 saturated carbocycles. The molecular formula is C17H13Cl2NO2. The van der Waals surface area contributed by atoms with Gasteiger partial charge in [0.15, 0.2) is 0 Å². The van der Waals surface area contributed by atoms with Crippen molar-refractivity contribution in [3.8, 4) is 0 Å². The van der Waals surface area contributed by atoms with Gasteiger partial charge in [-0.05, 0) is 46.8 Å². The van der Waals surface area contributed by atoms with E-state index in [1.54, 1.807) is 12.1 Å². The summed E-state index contributed by atoms with van der Waals surface area (Å²) in [6, 6.07) is 13.1. The van der Waals surface area contributed by atoms with Gasteiger partial charge in [-0.3, -0.25) is 4.79 Å². The Labute approximate surface area is 137 Å². The first kappa shape index (κ1) is 14.9. The zero-order chi connectivity index (χ0) is 15.7. The molecule has 1 heterocycles. The summed E-state index contributed by atoms with van der Waals surface area (Å²) >= 11 is 12.2. The number of rotatable bonds is 4. The molecule has 5 heteroatoms. The van der Waals surface area contributed by atoms with E-state index in [0.29, 0.717) is 16.6 Å². The summed E-state index contributed by atoms with van der Waals surface area (Å²) in [5.41, 5.74) is 2.68. The van der Waals surface area contributed by atoms with Crippen molar-refractivity contribution in [3.05, 3.63) is 69.8 Å². The highest BCUT2D eigenvalue weighted by Crippen LogP contribution is 2.24. The maximum absolute atomic E-state index is 10.9. The number of fused-ring (bicyclic) bond motifs is 1. The van der Waals surface area contributed by atoms with Gasteiger partial charge < -0.3 is 9.67 Å². The van der Waals surface area contributed by atoms with Crippen LogP contribution in [0.1, 0.15) is 11.1 Å². The van der Waals surface area contributed by atoms with Gasteiger partial charge in [-0.15, -0.1) is 0 Å². The van der Waals surface area contributed by atoms with Crippen molar-refractivity contribution in [1.29, 1.82) is 0 Å². The minimum atomic E-state index is -0.838. The number of carboxylic acids is 1. The molecule has 22 heavy (non-hydrogen) atoms. The maximum Gasteiger partial charge on any atom is 0.307 e. The lowest BCUT2D eigenvalue weighted by atomic mass is 10.1. The number of carbonyl (C=O) groups is 1. The maximum atomic E-state index is 10.9. The number of hydrogen-bond donors (Lipinski definition) is 1. The van der Waals surface area contributed by atoms with Gasteiger partial charge in [-0.2, -0.15) is 0 Å². The Kier molecular flexibility index (Phi) is 4.10. The van der Waals surface area contributed by atoms with Crippen molar-refractivity contribution in [3.63, 3.8) is 0 Å². The molecule has 0 aliphatic heterocycles. The van der Waals surface area contributed by atoms with E-state index < -0.39 is 5.97 Å². The molecule has 0 radical (unpaired) electrons. The standard InChI is InChI=1S/C17H13Cl2NO2/c18-14-3-4-15(19)13(9-14)10-20-6-5-12-2-1-11(7-16(12)20)8-17(21)22/h1-7,9H,8,10H2,(H,21,22). The summed E-state index contributed by atoms with van der Waals surface area (Å²) in [6.45, 7) is 0.583. The summed E-state index contributed by atoms with van der Waals surface area (Å²) in [6.07, 6.45) is 1.98. The molecule has 3 rings (SSSR count). The predicted molar refractivity (Wildman–Crippen MR) is 88.8 cm³/mol. The molecule has 0 aliphatic rings. The first-order chi connectivity index (χ1) is 10.5. The average Bonchev–Trinajstić information content (AvgIpc) is 2.85. The summed E-state index contributed by atoms with van der Waals surface area (Å²) < 4.78 is 2.04. The van der Waals surface area contributed by atoms with Gasteiger partial charge in [0.2, 0.25) is 0 Å². The number of aromatic nitrogens is 1. The van der Waals surface area contributed by atoms with Crippen LogP contribution in [-0.2, 0) is 17.8 Å². The predicted octanol–water partition coefficient (Wildman–Crippen LogP) is 4.62. The van der Waals surface area contributed by atoms with E-state index in [9.17, 15) is 4.79 Å². The lowest BCUT2D eigenvalue weighted by molar-refractivity contribution is -0.136. The van der Waals surface area contributed by atoms with Crippen molar-refractivity contribution < 1.29 is 9.90 Å². The molecule has 3 nitrogen and oxygen atoms in total. The Hall–Kier alpha value is -1.97.